The van der Waals surface area contributed by atoms with Crippen molar-refractivity contribution >= 4 is 24.7 Å². The van der Waals surface area contributed by atoms with Crippen molar-refractivity contribution in [2.24, 2.45) is 11.7 Å². The van der Waals surface area contributed by atoms with Gasteiger partial charge in [-0.15, -0.1) is 0 Å². The van der Waals surface area contributed by atoms with Gasteiger partial charge in [0.15, 0.2) is 0 Å². The van der Waals surface area contributed by atoms with Crippen LogP contribution in [0.25, 0.3) is 0 Å². The van der Waals surface area contributed by atoms with E-state index in [0.717, 1.165) is 50.2 Å². The van der Waals surface area contributed by atoms with Crippen molar-refractivity contribution in [3.05, 3.63) is 34.3 Å². The van der Waals surface area contributed by atoms with Gasteiger partial charge in [-0.05, 0) is 81.0 Å². The first-order chi connectivity index (χ1) is 13.8. The minimum absolute atomic E-state index is 0.0604. The molecule has 160 valence electrons. The van der Waals surface area contributed by atoms with E-state index in [9.17, 15) is 9.90 Å². The zero-order chi connectivity index (χ0) is 21.0. The fraction of sp³-hybridized carbons (Fsp3) is 0.667. The summed E-state index contributed by atoms with van der Waals surface area (Å²) in [5.74, 6) is -1.01. The molecule has 5 N–H and O–H groups in total. The molecule has 2 atom stereocenters. The van der Waals surface area contributed by atoms with E-state index in [4.69, 9.17) is 27.4 Å². The monoisotopic (exact) mass is 422 g/mol. The van der Waals surface area contributed by atoms with Crippen LogP contribution in [0.5, 0.6) is 0 Å². The van der Waals surface area contributed by atoms with E-state index in [-0.39, 0.29) is 12.2 Å². The number of hydrogen-bond acceptors (Lipinski definition) is 5. The average Bonchev–Trinajstić information content (AvgIpc) is 2.71. The van der Waals surface area contributed by atoms with Crippen LogP contribution in [0, 0.1) is 5.92 Å². The third kappa shape index (κ3) is 5.33. The van der Waals surface area contributed by atoms with Crippen molar-refractivity contribution in [2.75, 3.05) is 13.1 Å². The number of aryl methyl sites for hydroxylation is 1. The summed E-state index contributed by atoms with van der Waals surface area (Å²) in [6, 6.07) is 6.59. The molecule has 3 rings (SSSR count). The number of fused-ring (bicyclic) bond motifs is 1. The van der Waals surface area contributed by atoms with Crippen LogP contribution in [-0.4, -0.2) is 57.8 Å². The third-order valence-corrected chi connectivity index (χ3v) is 7.23. The molecule has 0 saturated carbocycles. The summed E-state index contributed by atoms with van der Waals surface area (Å²) in [5.41, 5.74) is 7.75. The number of unbranched alkanes of at least 4 members (excludes halogenated alkanes) is 1. The lowest BCUT2D eigenvalue weighted by atomic mass is 9.73. The van der Waals surface area contributed by atoms with Gasteiger partial charge in [-0.2, -0.15) is 0 Å². The van der Waals surface area contributed by atoms with E-state index < -0.39 is 18.6 Å². The van der Waals surface area contributed by atoms with Crippen molar-refractivity contribution in [1.82, 2.24) is 4.90 Å². The van der Waals surface area contributed by atoms with Crippen LogP contribution in [0.1, 0.15) is 49.7 Å². The molecule has 1 heterocycles. The second-order valence-corrected chi connectivity index (χ2v) is 9.06. The second-order valence-electron chi connectivity index (χ2n) is 8.66. The Balaban J connectivity index is 1.56. The topological polar surface area (TPSA) is 107 Å². The number of rotatable bonds is 8. The van der Waals surface area contributed by atoms with E-state index in [0.29, 0.717) is 25.3 Å². The summed E-state index contributed by atoms with van der Waals surface area (Å²) in [6.07, 6.45) is 6.40. The predicted molar refractivity (Wildman–Crippen MR) is 115 cm³/mol. The number of carbonyl (C=O) groups is 1. The van der Waals surface area contributed by atoms with Crippen LogP contribution in [0.2, 0.25) is 11.3 Å². The van der Waals surface area contributed by atoms with E-state index in [2.05, 4.69) is 11.0 Å². The summed E-state index contributed by atoms with van der Waals surface area (Å²) in [7, 11) is -1.34. The minimum atomic E-state index is -1.34. The van der Waals surface area contributed by atoms with Gasteiger partial charge in [-0.3, -0.25) is 4.79 Å². The molecule has 2 aliphatic rings. The molecule has 1 saturated heterocycles. The molecule has 0 bridgehead atoms. The fourth-order valence-electron chi connectivity index (χ4n) is 5.05. The largest absolute Gasteiger partial charge is 0.480 e. The molecule has 1 unspecified atom stereocenters. The maximum Gasteiger partial charge on any atom is 0.451 e. The molecular weight excluding hydrogens is 391 g/mol. The molecule has 1 aliphatic heterocycles. The number of nitrogens with two attached hydrogens (primary N) is 1. The first-order valence-electron chi connectivity index (χ1n) is 10.7. The number of carboxylic acids is 1. The zero-order valence-corrected chi connectivity index (χ0v) is 17.7. The number of benzene rings is 1. The Morgan fingerprint density at radius 2 is 1.97 bits per heavy atom. The molecule has 0 aromatic heterocycles. The van der Waals surface area contributed by atoms with E-state index >= 15 is 0 Å². The summed E-state index contributed by atoms with van der Waals surface area (Å²) in [4.78, 5) is 14.4. The van der Waals surface area contributed by atoms with Gasteiger partial charge >= 0.3 is 13.1 Å². The Kier molecular flexibility index (Phi) is 7.62. The van der Waals surface area contributed by atoms with Crippen LogP contribution < -0.4 is 5.73 Å². The highest BCUT2D eigenvalue weighted by Crippen LogP contribution is 2.35. The number of hydrogen-bond donors (Lipinski definition) is 4. The molecule has 1 aromatic rings. The number of halogens is 1. The third-order valence-electron chi connectivity index (χ3n) is 6.88. The molecule has 1 fully saturated rings. The zero-order valence-electron chi connectivity index (χ0n) is 16.9. The summed E-state index contributed by atoms with van der Waals surface area (Å²) in [5, 5.41) is 28.6. The number of likely N-dealkylation sites (tertiary alicyclic amines) is 1. The quantitative estimate of drug-likeness (QED) is 0.378. The lowest BCUT2D eigenvalue weighted by molar-refractivity contribution is -0.147. The molecular formula is C21H32BClN2O4. The maximum absolute atomic E-state index is 12.0. The molecule has 0 amide bonds. The molecule has 1 aliphatic carbocycles. The Bertz CT molecular complexity index is 712. The summed E-state index contributed by atoms with van der Waals surface area (Å²) in [6.45, 7) is 1.72. The maximum atomic E-state index is 12.0. The standard InChI is InChI=1S/C21H32BClN2O4/c23-19-5-3-4-15-6-7-17(14-18(15)19)25-12-8-16(9-13-25)21(24,20(26)27)10-1-2-11-22(28)29/h3-5,16-17,28-29H,1-2,6-14,24H2,(H,26,27)/t17?,21-/m1/s1. The van der Waals surface area contributed by atoms with Gasteiger partial charge < -0.3 is 25.8 Å². The number of nitrogens with zero attached hydrogens (tertiary/aromatic N) is 1. The van der Waals surface area contributed by atoms with Crippen LogP contribution in [0.4, 0.5) is 0 Å². The van der Waals surface area contributed by atoms with Gasteiger partial charge in [0, 0.05) is 11.1 Å². The van der Waals surface area contributed by atoms with Crippen molar-refractivity contribution in [1.29, 1.82) is 0 Å². The minimum Gasteiger partial charge on any atom is -0.480 e. The number of piperidine rings is 1. The van der Waals surface area contributed by atoms with Crippen molar-refractivity contribution < 1.29 is 19.9 Å². The van der Waals surface area contributed by atoms with E-state index in [1.54, 1.807) is 0 Å². The summed E-state index contributed by atoms with van der Waals surface area (Å²) >= 11 is 6.41. The van der Waals surface area contributed by atoms with Crippen molar-refractivity contribution in [3.8, 4) is 0 Å². The molecule has 1 aromatic carbocycles. The van der Waals surface area contributed by atoms with Gasteiger partial charge in [0.1, 0.15) is 5.54 Å². The molecule has 6 nitrogen and oxygen atoms in total. The second kappa shape index (κ2) is 9.79. The highest BCUT2D eigenvalue weighted by Gasteiger charge is 2.43. The van der Waals surface area contributed by atoms with Crippen LogP contribution in [-0.2, 0) is 17.6 Å². The first-order valence-corrected chi connectivity index (χ1v) is 11.1. The van der Waals surface area contributed by atoms with Crippen molar-refractivity contribution in [3.63, 3.8) is 0 Å². The van der Waals surface area contributed by atoms with Crippen LogP contribution in [0.3, 0.4) is 0 Å². The van der Waals surface area contributed by atoms with Gasteiger partial charge in [0.2, 0.25) is 0 Å². The van der Waals surface area contributed by atoms with Gasteiger partial charge in [0.05, 0.1) is 0 Å². The smallest absolute Gasteiger partial charge is 0.451 e. The average molecular weight is 423 g/mol. The Labute approximate surface area is 178 Å². The van der Waals surface area contributed by atoms with E-state index in [1.165, 1.54) is 11.1 Å². The molecule has 0 spiro atoms. The molecule has 0 radical (unpaired) electrons. The molecule has 29 heavy (non-hydrogen) atoms. The SMILES string of the molecule is N[C@@](CCCCB(O)O)(C(=O)O)C1CCN(C2CCc3cccc(Cl)c3C2)CC1. The summed E-state index contributed by atoms with van der Waals surface area (Å²) < 4.78 is 0. The lowest BCUT2D eigenvalue weighted by Crippen LogP contribution is -2.57. The Morgan fingerprint density at radius 3 is 2.62 bits per heavy atom. The Morgan fingerprint density at radius 1 is 1.24 bits per heavy atom. The Hall–Kier alpha value is -1.12. The van der Waals surface area contributed by atoms with Crippen LogP contribution in [0.15, 0.2) is 18.2 Å². The number of aliphatic carboxylic acids is 1. The fourth-order valence-corrected chi connectivity index (χ4v) is 5.32. The molecule has 8 heteroatoms. The predicted octanol–water partition coefficient (Wildman–Crippen LogP) is 2.33. The van der Waals surface area contributed by atoms with Gasteiger partial charge in [-0.25, -0.2) is 0 Å². The van der Waals surface area contributed by atoms with Crippen molar-refractivity contribution in [2.45, 2.75) is 69.3 Å². The van der Waals surface area contributed by atoms with E-state index in [1.807, 2.05) is 12.1 Å². The number of carboxylic acid groups (broad SMARTS) is 1. The first kappa shape index (κ1) is 22.6. The highest BCUT2D eigenvalue weighted by molar-refractivity contribution is 6.40. The van der Waals surface area contributed by atoms with Gasteiger partial charge in [-0.1, -0.05) is 36.6 Å². The lowest BCUT2D eigenvalue weighted by Gasteiger charge is -2.44. The normalized spacial score (nSPS) is 22.7. The van der Waals surface area contributed by atoms with Gasteiger partial charge in [0.25, 0.3) is 0 Å². The van der Waals surface area contributed by atoms with Crippen LogP contribution >= 0.6 is 11.6 Å². The highest BCUT2D eigenvalue weighted by atomic mass is 35.5.